The lowest BCUT2D eigenvalue weighted by Gasteiger charge is -2.46. The molecule has 3 heterocycles. The Labute approximate surface area is 236 Å². The molecule has 0 amide bonds. The fraction of sp³-hybridized carbons (Fsp3) is 0.323. The van der Waals surface area contributed by atoms with Crippen LogP contribution < -0.4 is 11.4 Å². The smallest absolute Gasteiger partial charge is 0.352 e. The van der Waals surface area contributed by atoms with Crippen LogP contribution in [0.2, 0.25) is 0 Å². The van der Waals surface area contributed by atoms with Crippen LogP contribution in [0.3, 0.4) is 0 Å². The van der Waals surface area contributed by atoms with Crippen molar-refractivity contribution in [2.24, 2.45) is 0 Å². The molecule has 4 aromatic rings. The number of nitrogens with zero attached hydrogens (tertiary/aromatic N) is 3. The number of fused-ring (bicyclic) bond motifs is 3. The van der Waals surface area contributed by atoms with Gasteiger partial charge in [-0.1, -0.05) is 78.9 Å². The minimum absolute atomic E-state index is 0.0501. The highest BCUT2D eigenvalue weighted by Crippen LogP contribution is 2.37. The van der Waals surface area contributed by atoms with Gasteiger partial charge < -0.3 is 18.9 Å². The van der Waals surface area contributed by atoms with E-state index in [0.717, 1.165) is 15.7 Å². The summed E-state index contributed by atoms with van der Waals surface area (Å²) in [4.78, 5) is 39.7. The molecule has 10 heteroatoms. The molecule has 0 N–H and O–H groups in total. The van der Waals surface area contributed by atoms with Crippen LogP contribution >= 0.6 is 0 Å². The molecule has 5 atom stereocenters. The number of esters is 1. The molecule has 1 saturated heterocycles. The van der Waals surface area contributed by atoms with Gasteiger partial charge in [-0.2, -0.15) is 0 Å². The second-order valence-corrected chi connectivity index (χ2v) is 10.2. The van der Waals surface area contributed by atoms with Gasteiger partial charge in [-0.3, -0.25) is 4.79 Å². The second-order valence-electron chi connectivity index (χ2n) is 10.2. The van der Waals surface area contributed by atoms with Gasteiger partial charge in [0.25, 0.3) is 0 Å². The molecule has 1 aromatic heterocycles. The van der Waals surface area contributed by atoms with Crippen LogP contribution in [0.4, 0.5) is 0 Å². The van der Waals surface area contributed by atoms with Crippen LogP contribution in [0.25, 0.3) is 5.69 Å². The lowest BCUT2D eigenvalue weighted by molar-refractivity contribution is -0.275. The standard InChI is InChI=1S/C31H31N3O7/c1-21(35)40-26-18-32-30(36)33(24-15-9-4-10-16-24)31(37)34(32)28-25(38-19-22-11-5-2-6-12-22)17-27(41-29(26)28)39-20-23-13-7-3-8-14-23/h2-16,25-29H,17-20H2,1H3/t25-,26+,27-,28+,29-/m0/s1. The molecule has 0 spiro atoms. The van der Waals surface area contributed by atoms with Crippen LogP contribution in [0.1, 0.15) is 30.5 Å². The summed E-state index contributed by atoms with van der Waals surface area (Å²) in [5.74, 6) is -0.516. The average molecular weight is 558 g/mol. The third kappa shape index (κ3) is 5.54. The Hall–Kier alpha value is -4.25. The summed E-state index contributed by atoms with van der Waals surface area (Å²) in [6, 6.07) is 27.4. The van der Waals surface area contributed by atoms with E-state index in [9.17, 15) is 14.4 Å². The lowest BCUT2D eigenvalue weighted by Crippen LogP contribution is -2.60. The molecule has 0 unspecified atom stereocenters. The van der Waals surface area contributed by atoms with E-state index in [1.807, 2.05) is 66.7 Å². The maximum absolute atomic E-state index is 13.9. The highest BCUT2D eigenvalue weighted by Gasteiger charge is 2.51. The van der Waals surface area contributed by atoms with E-state index in [1.165, 1.54) is 16.3 Å². The van der Waals surface area contributed by atoms with Crippen molar-refractivity contribution in [1.82, 2.24) is 13.9 Å². The molecule has 2 aliphatic heterocycles. The highest BCUT2D eigenvalue weighted by molar-refractivity contribution is 5.66. The predicted octanol–water partition coefficient (Wildman–Crippen LogP) is 3.20. The SMILES string of the molecule is CC(=O)O[C@@H]1Cn2c(=O)n(-c3ccccc3)c(=O)n2[C@H]2[C@H]1O[C@H](OCc1ccccc1)C[C@@H]2OCc1ccccc1. The maximum atomic E-state index is 13.9. The summed E-state index contributed by atoms with van der Waals surface area (Å²) in [5.41, 5.74) is 1.33. The topological polar surface area (TPSA) is 103 Å². The molecule has 3 aromatic carbocycles. The Bertz CT molecular complexity index is 1600. The molecule has 212 valence electrons. The Morgan fingerprint density at radius 1 is 0.805 bits per heavy atom. The van der Waals surface area contributed by atoms with E-state index in [0.29, 0.717) is 18.7 Å². The van der Waals surface area contributed by atoms with E-state index in [-0.39, 0.29) is 13.2 Å². The molecule has 6 rings (SSSR count). The summed E-state index contributed by atoms with van der Waals surface area (Å²) < 4.78 is 28.6. The molecule has 0 radical (unpaired) electrons. The largest absolute Gasteiger partial charge is 0.458 e. The number of rotatable bonds is 8. The fourth-order valence-electron chi connectivity index (χ4n) is 5.61. The van der Waals surface area contributed by atoms with Crippen LogP contribution in [0.15, 0.2) is 101 Å². The van der Waals surface area contributed by atoms with Gasteiger partial charge in [0.2, 0.25) is 0 Å². The zero-order valence-corrected chi connectivity index (χ0v) is 22.6. The summed E-state index contributed by atoms with van der Waals surface area (Å²) in [6.07, 6.45) is -2.63. The molecule has 0 saturated carbocycles. The third-order valence-electron chi connectivity index (χ3n) is 7.43. The quantitative estimate of drug-likeness (QED) is 0.307. The van der Waals surface area contributed by atoms with Gasteiger partial charge in [0.05, 0.1) is 31.5 Å². The first kappa shape index (κ1) is 26.9. The van der Waals surface area contributed by atoms with E-state index < -0.39 is 48.0 Å². The number of aromatic nitrogens is 3. The molecule has 0 aliphatic carbocycles. The minimum atomic E-state index is -0.841. The predicted molar refractivity (Wildman–Crippen MR) is 148 cm³/mol. The van der Waals surface area contributed by atoms with Gasteiger partial charge in [0.15, 0.2) is 6.29 Å². The van der Waals surface area contributed by atoms with Crippen molar-refractivity contribution < 1.29 is 23.7 Å². The van der Waals surface area contributed by atoms with E-state index in [1.54, 1.807) is 24.3 Å². The van der Waals surface area contributed by atoms with Crippen LogP contribution in [-0.2, 0) is 43.5 Å². The number of para-hydroxylation sites is 1. The second kappa shape index (κ2) is 11.7. The van der Waals surface area contributed by atoms with E-state index >= 15 is 0 Å². The molecular weight excluding hydrogens is 526 g/mol. The first-order valence-corrected chi connectivity index (χ1v) is 13.6. The van der Waals surface area contributed by atoms with Gasteiger partial charge >= 0.3 is 17.3 Å². The Kier molecular flexibility index (Phi) is 7.69. The zero-order chi connectivity index (χ0) is 28.3. The van der Waals surface area contributed by atoms with Crippen LogP contribution in [0, 0.1) is 0 Å². The van der Waals surface area contributed by atoms with Gasteiger partial charge in [-0.05, 0) is 23.3 Å². The number of ether oxygens (including phenoxy) is 4. The fourth-order valence-corrected chi connectivity index (χ4v) is 5.61. The molecular formula is C31H31N3O7. The number of hydrogen-bond donors (Lipinski definition) is 0. The van der Waals surface area contributed by atoms with Crippen molar-refractivity contribution in [2.75, 3.05) is 0 Å². The number of carbonyl (C=O) groups excluding carboxylic acids is 1. The zero-order valence-electron chi connectivity index (χ0n) is 22.6. The summed E-state index contributed by atoms with van der Waals surface area (Å²) >= 11 is 0. The molecule has 0 bridgehead atoms. The van der Waals surface area contributed by atoms with E-state index in [4.69, 9.17) is 18.9 Å². The Morgan fingerprint density at radius 2 is 1.39 bits per heavy atom. The Balaban J connectivity index is 1.39. The van der Waals surface area contributed by atoms with Crippen LogP contribution in [-0.4, -0.2) is 44.5 Å². The van der Waals surface area contributed by atoms with Gasteiger partial charge in [-0.15, -0.1) is 0 Å². The van der Waals surface area contributed by atoms with Crippen molar-refractivity contribution in [1.29, 1.82) is 0 Å². The van der Waals surface area contributed by atoms with Crippen molar-refractivity contribution in [3.05, 3.63) is 123 Å². The van der Waals surface area contributed by atoms with Gasteiger partial charge in [0, 0.05) is 13.3 Å². The highest BCUT2D eigenvalue weighted by atomic mass is 16.7. The van der Waals surface area contributed by atoms with Crippen molar-refractivity contribution in [2.45, 2.75) is 63.7 Å². The monoisotopic (exact) mass is 557 g/mol. The first-order valence-electron chi connectivity index (χ1n) is 13.6. The molecule has 2 aliphatic rings. The lowest BCUT2D eigenvalue weighted by atomic mass is 9.92. The number of benzene rings is 3. The first-order chi connectivity index (χ1) is 20.0. The van der Waals surface area contributed by atoms with Crippen LogP contribution in [0.5, 0.6) is 0 Å². The molecule has 10 nitrogen and oxygen atoms in total. The van der Waals surface area contributed by atoms with E-state index in [2.05, 4.69) is 0 Å². The number of carbonyl (C=O) groups is 1. The summed E-state index contributed by atoms with van der Waals surface area (Å²) in [6.45, 7) is 1.84. The van der Waals surface area contributed by atoms with Crippen molar-refractivity contribution in [3.8, 4) is 5.69 Å². The molecule has 1 fully saturated rings. The summed E-state index contributed by atoms with van der Waals surface area (Å²) in [7, 11) is 0. The maximum Gasteiger partial charge on any atom is 0.352 e. The molecule has 41 heavy (non-hydrogen) atoms. The minimum Gasteiger partial charge on any atom is -0.458 e. The average Bonchev–Trinajstić information content (AvgIpc) is 3.24. The van der Waals surface area contributed by atoms with Gasteiger partial charge in [0.1, 0.15) is 18.2 Å². The Morgan fingerprint density at radius 3 is 2.00 bits per heavy atom. The van der Waals surface area contributed by atoms with Crippen molar-refractivity contribution in [3.63, 3.8) is 0 Å². The van der Waals surface area contributed by atoms with Crippen molar-refractivity contribution >= 4 is 5.97 Å². The van der Waals surface area contributed by atoms with Gasteiger partial charge in [-0.25, -0.2) is 23.5 Å². The summed E-state index contributed by atoms with van der Waals surface area (Å²) in [5, 5.41) is 0. The third-order valence-corrected chi connectivity index (χ3v) is 7.43. The number of hydrogen-bond acceptors (Lipinski definition) is 7. The normalized spacial score (nSPS) is 23.4.